The van der Waals surface area contributed by atoms with Crippen molar-refractivity contribution in [1.29, 1.82) is 0 Å². The topological polar surface area (TPSA) is 49.3 Å². The minimum atomic E-state index is 0.223. The highest BCUT2D eigenvalue weighted by Gasteiger charge is 2.34. The first-order chi connectivity index (χ1) is 11.2. The largest absolute Gasteiger partial charge is 0.629 e. The molecule has 0 amide bonds. The molecule has 4 heteroatoms. The standard InChI is InChI=1S/C19H21NO3/c1-13(14-5-3-2-4-6-14)18-10-20(21)19-8-7-15(9-17(18)19)22-11-16-12-23-16/h2-9,13,16,18,20H,10-12H2,1H3. The third-order valence-corrected chi connectivity index (χ3v) is 4.90. The Labute approximate surface area is 136 Å². The zero-order chi connectivity index (χ0) is 15.8. The maximum absolute atomic E-state index is 12.3. The number of ether oxygens (including phenoxy) is 2. The summed E-state index contributed by atoms with van der Waals surface area (Å²) in [5.41, 5.74) is 3.25. The number of hydroxylamine groups is 1. The van der Waals surface area contributed by atoms with Gasteiger partial charge in [0, 0.05) is 17.5 Å². The number of nitrogens with one attached hydrogen (secondary N) is 1. The van der Waals surface area contributed by atoms with Gasteiger partial charge in [-0.05, 0) is 23.6 Å². The molecule has 1 N–H and O–H groups in total. The van der Waals surface area contributed by atoms with Crippen LogP contribution in [0.2, 0.25) is 0 Å². The Hall–Kier alpha value is -1.88. The Balaban J connectivity index is 1.59. The van der Waals surface area contributed by atoms with Crippen molar-refractivity contribution in [1.82, 2.24) is 0 Å². The van der Waals surface area contributed by atoms with Crippen molar-refractivity contribution >= 4 is 5.69 Å². The summed E-state index contributed by atoms with van der Waals surface area (Å²) in [7, 11) is 0. The predicted molar refractivity (Wildman–Crippen MR) is 88.1 cm³/mol. The Bertz CT molecular complexity index is 684. The molecular weight excluding hydrogens is 290 g/mol. The number of epoxide rings is 1. The lowest BCUT2D eigenvalue weighted by atomic mass is 9.84. The summed E-state index contributed by atoms with van der Waals surface area (Å²) in [4.78, 5) is 0. The van der Waals surface area contributed by atoms with Crippen LogP contribution in [0.5, 0.6) is 5.75 Å². The van der Waals surface area contributed by atoms with Gasteiger partial charge in [0.15, 0.2) is 0 Å². The minimum Gasteiger partial charge on any atom is -0.629 e. The molecule has 4 unspecified atom stereocenters. The van der Waals surface area contributed by atoms with Crippen molar-refractivity contribution in [3.05, 3.63) is 64.9 Å². The number of quaternary nitrogens is 1. The lowest BCUT2D eigenvalue weighted by molar-refractivity contribution is -0.770. The second-order valence-electron chi connectivity index (χ2n) is 6.45. The summed E-state index contributed by atoms with van der Waals surface area (Å²) in [6.07, 6.45) is 0.240. The van der Waals surface area contributed by atoms with Crippen molar-refractivity contribution in [3.63, 3.8) is 0 Å². The van der Waals surface area contributed by atoms with Crippen LogP contribution >= 0.6 is 0 Å². The third kappa shape index (κ3) is 2.98. The molecule has 1 fully saturated rings. The summed E-state index contributed by atoms with van der Waals surface area (Å²) >= 11 is 0. The van der Waals surface area contributed by atoms with Gasteiger partial charge < -0.3 is 19.7 Å². The summed E-state index contributed by atoms with van der Waals surface area (Å²) in [5.74, 6) is 1.36. The highest BCUT2D eigenvalue weighted by molar-refractivity contribution is 5.50. The maximum Gasteiger partial charge on any atom is 0.135 e. The van der Waals surface area contributed by atoms with Gasteiger partial charge in [0.05, 0.1) is 13.2 Å². The van der Waals surface area contributed by atoms with Crippen LogP contribution in [-0.2, 0) is 4.74 Å². The van der Waals surface area contributed by atoms with Gasteiger partial charge in [-0.2, -0.15) is 0 Å². The summed E-state index contributed by atoms with van der Waals surface area (Å²) < 4.78 is 11.0. The molecule has 0 aromatic heterocycles. The van der Waals surface area contributed by atoms with E-state index in [2.05, 4.69) is 31.2 Å². The van der Waals surface area contributed by atoms with Crippen LogP contribution in [0.15, 0.2) is 48.5 Å². The second kappa shape index (κ2) is 5.96. The van der Waals surface area contributed by atoms with Crippen LogP contribution in [0.3, 0.4) is 0 Å². The van der Waals surface area contributed by atoms with Crippen molar-refractivity contribution in [2.45, 2.75) is 24.9 Å². The Kier molecular flexibility index (Phi) is 3.81. The predicted octanol–water partition coefficient (Wildman–Crippen LogP) is 2.38. The Morgan fingerprint density at radius 2 is 2.04 bits per heavy atom. The van der Waals surface area contributed by atoms with E-state index in [0.29, 0.717) is 19.1 Å². The zero-order valence-corrected chi connectivity index (χ0v) is 13.2. The fourth-order valence-corrected chi connectivity index (χ4v) is 3.40. The SMILES string of the molecule is CC(c1ccccc1)C1C[NH+]([O-])c2ccc(OCC3CO3)cc21. The second-order valence-corrected chi connectivity index (χ2v) is 6.45. The van der Waals surface area contributed by atoms with Gasteiger partial charge in [0.2, 0.25) is 0 Å². The summed E-state index contributed by atoms with van der Waals surface area (Å²) in [5, 5.41) is 12.6. The lowest BCUT2D eigenvalue weighted by Gasteiger charge is -2.20. The van der Waals surface area contributed by atoms with Crippen LogP contribution in [0, 0.1) is 5.21 Å². The van der Waals surface area contributed by atoms with Gasteiger partial charge in [-0.25, -0.2) is 0 Å². The normalized spacial score (nSPS) is 26.6. The monoisotopic (exact) mass is 311 g/mol. The van der Waals surface area contributed by atoms with Crippen LogP contribution < -0.4 is 9.80 Å². The number of hydrogen-bond donors (Lipinski definition) is 1. The molecule has 2 aromatic carbocycles. The molecule has 4 nitrogen and oxygen atoms in total. The van der Waals surface area contributed by atoms with Gasteiger partial charge in [0.1, 0.15) is 24.1 Å². The molecule has 120 valence electrons. The minimum absolute atomic E-state index is 0.223. The molecule has 23 heavy (non-hydrogen) atoms. The highest BCUT2D eigenvalue weighted by atomic mass is 16.6. The zero-order valence-electron chi connectivity index (χ0n) is 13.2. The first kappa shape index (κ1) is 14.7. The van der Waals surface area contributed by atoms with Gasteiger partial charge >= 0.3 is 0 Å². The van der Waals surface area contributed by atoms with Gasteiger partial charge in [-0.1, -0.05) is 37.3 Å². The third-order valence-electron chi connectivity index (χ3n) is 4.90. The van der Waals surface area contributed by atoms with E-state index in [-0.39, 0.29) is 17.1 Å². The van der Waals surface area contributed by atoms with Crippen molar-refractivity contribution < 1.29 is 14.5 Å². The average molecular weight is 311 g/mol. The van der Waals surface area contributed by atoms with Crippen LogP contribution in [0.25, 0.3) is 0 Å². The van der Waals surface area contributed by atoms with Gasteiger partial charge in [-0.3, -0.25) is 0 Å². The molecule has 2 aromatic rings. The Morgan fingerprint density at radius 1 is 1.26 bits per heavy atom. The van der Waals surface area contributed by atoms with E-state index in [9.17, 15) is 5.21 Å². The van der Waals surface area contributed by atoms with Crippen LogP contribution in [0.4, 0.5) is 5.69 Å². The fraction of sp³-hybridized carbons (Fsp3) is 0.368. The summed E-state index contributed by atoms with van der Waals surface area (Å²) in [6, 6.07) is 16.3. The molecule has 4 atom stereocenters. The molecule has 2 aliphatic heterocycles. The highest BCUT2D eigenvalue weighted by Crippen LogP contribution is 2.39. The van der Waals surface area contributed by atoms with Crippen molar-refractivity contribution in [2.75, 3.05) is 19.8 Å². The number of rotatable bonds is 5. The van der Waals surface area contributed by atoms with E-state index < -0.39 is 0 Å². The molecule has 0 radical (unpaired) electrons. The summed E-state index contributed by atoms with van der Waals surface area (Å²) in [6.45, 7) is 4.16. The molecule has 1 saturated heterocycles. The molecule has 0 bridgehead atoms. The smallest absolute Gasteiger partial charge is 0.135 e. The fourth-order valence-electron chi connectivity index (χ4n) is 3.40. The maximum atomic E-state index is 12.3. The van der Waals surface area contributed by atoms with Crippen molar-refractivity contribution in [3.8, 4) is 5.75 Å². The number of fused-ring (bicyclic) bond motifs is 1. The van der Waals surface area contributed by atoms with E-state index in [4.69, 9.17) is 9.47 Å². The van der Waals surface area contributed by atoms with E-state index in [1.165, 1.54) is 5.56 Å². The first-order valence-corrected chi connectivity index (χ1v) is 8.19. The molecule has 0 spiro atoms. The van der Waals surface area contributed by atoms with E-state index in [0.717, 1.165) is 23.6 Å². The molecule has 2 aliphatic rings. The molecule has 2 heterocycles. The molecule has 4 rings (SSSR count). The van der Waals surface area contributed by atoms with Crippen LogP contribution in [-0.4, -0.2) is 25.9 Å². The van der Waals surface area contributed by atoms with E-state index >= 15 is 0 Å². The first-order valence-electron chi connectivity index (χ1n) is 8.19. The number of hydrogen-bond acceptors (Lipinski definition) is 3. The van der Waals surface area contributed by atoms with Crippen molar-refractivity contribution in [2.24, 2.45) is 0 Å². The average Bonchev–Trinajstić information content (AvgIpc) is 3.37. The number of benzene rings is 2. The lowest BCUT2D eigenvalue weighted by Crippen LogP contribution is -3.00. The van der Waals surface area contributed by atoms with Gasteiger partial charge in [-0.15, -0.1) is 0 Å². The quantitative estimate of drug-likeness (QED) is 0.681. The molecular formula is C19H21NO3. The van der Waals surface area contributed by atoms with Crippen LogP contribution in [0.1, 0.15) is 29.9 Å². The van der Waals surface area contributed by atoms with E-state index in [1.54, 1.807) is 0 Å². The van der Waals surface area contributed by atoms with E-state index in [1.807, 2.05) is 24.3 Å². The Morgan fingerprint density at radius 3 is 2.78 bits per heavy atom. The molecule has 0 saturated carbocycles. The van der Waals surface area contributed by atoms with Gasteiger partial charge in [0.25, 0.3) is 0 Å². The molecule has 0 aliphatic carbocycles.